The molecule has 0 saturated carbocycles. The number of amides is 1. The molecule has 1 saturated heterocycles. The maximum absolute atomic E-state index is 12.8. The minimum Gasteiger partial charge on any atom is -0.497 e. The first-order valence-electron chi connectivity index (χ1n) is 11.9. The molecule has 2 aromatic carbocycles. The van der Waals surface area contributed by atoms with Crippen LogP contribution in [0.4, 0.5) is 0 Å². The Hall–Kier alpha value is -2.86. The van der Waals surface area contributed by atoms with E-state index < -0.39 is 17.9 Å². The minimum absolute atomic E-state index is 0.0680. The van der Waals surface area contributed by atoms with E-state index in [1.54, 1.807) is 7.11 Å². The molecule has 0 radical (unpaired) electrons. The smallest absolute Gasteiger partial charge is 0.309 e. The van der Waals surface area contributed by atoms with Gasteiger partial charge < -0.3 is 15.2 Å². The molecule has 4 unspecified atom stereocenters. The van der Waals surface area contributed by atoms with E-state index in [1.807, 2.05) is 43.0 Å². The zero-order valence-electron chi connectivity index (χ0n) is 19.7. The first-order valence-corrected chi connectivity index (χ1v) is 11.9. The lowest BCUT2D eigenvalue weighted by Gasteiger charge is -2.27. The van der Waals surface area contributed by atoms with Crippen LogP contribution in [-0.4, -0.2) is 48.1 Å². The molecule has 1 aliphatic heterocycles. The molecular formula is C27H34N2O4. The van der Waals surface area contributed by atoms with Gasteiger partial charge in [0.1, 0.15) is 5.75 Å². The van der Waals surface area contributed by atoms with Crippen LogP contribution in [0.3, 0.4) is 0 Å². The van der Waals surface area contributed by atoms with Crippen LogP contribution in [0.1, 0.15) is 60.9 Å². The number of nitrogens with zero attached hydrogens (tertiary/aromatic N) is 1. The summed E-state index contributed by atoms with van der Waals surface area (Å²) in [6.45, 7) is 4.72. The van der Waals surface area contributed by atoms with E-state index in [9.17, 15) is 14.7 Å². The van der Waals surface area contributed by atoms with Crippen molar-refractivity contribution in [2.24, 2.45) is 5.92 Å². The maximum Gasteiger partial charge on any atom is 0.309 e. The molecule has 6 heteroatoms. The van der Waals surface area contributed by atoms with E-state index in [-0.39, 0.29) is 24.4 Å². The summed E-state index contributed by atoms with van der Waals surface area (Å²) in [6.07, 6.45) is 4.15. The van der Waals surface area contributed by atoms with Crippen LogP contribution in [-0.2, 0) is 22.4 Å². The van der Waals surface area contributed by atoms with Gasteiger partial charge in [-0.25, -0.2) is 0 Å². The van der Waals surface area contributed by atoms with Crippen molar-refractivity contribution in [3.8, 4) is 5.75 Å². The third kappa shape index (κ3) is 4.91. The maximum atomic E-state index is 12.8. The molecule has 6 nitrogen and oxygen atoms in total. The first kappa shape index (κ1) is 23.3. The van der Waals surface area contributed by atoms with Crippen molar-refractivity contribution in [1.29, 1.82) is 0 Å². The molecule has 1 amide bonds. The second-order valence-corrected chi connectivity index (χ2v) is 9.38. The molecule has 4 atom stereocenters. The highest BCUT2D eigenvalue weighted by Gasteiger charge is 2.48. The van der Waals surface area contributed by atoms with E-state index in [2.05, 4.69) is 23.5 Å². The number of carboxylic acid groups (broad SMARTS) is 1. The van der Waals surface area contributed by atoms with Crippen molar-refractivity contribution in [3.05, 3.63) is 64.7 Å². The number of fused-ring (bicyclic) bond motifs is 1. The Balaban J connectivity index is 1.69. The Morgan fingerprint density at radius 2 is 1.82 bits per heavy atom. The Bertz CT molecular complexity index is 1000. The normalized spacial score (nSPS) is 23.2. The summed E-state index contributed by atoms with van der Waals surface area (Å²) in [4.78, 5) is 27.5. The highest BCUT2D eigenvalue weighted by atomic mass is 16.5. The number of hydrogen-bond acceptors (Lipinski definition) is 4. The number of methoxy groups -OCH3 is 1. The van der Waals surface area contributed by atoms with Gasteiger partial charge in [0, 0.05) is 24.5 Å². The van der Waals surface area contributed by atoms with Gasteiger partial charge in [0.2, 0.25) is 5.91 Å². The number of carbonyl (C=O) groups is 2. The number of likely N-dealkylation sites (tertiary alicyclic amines) is 1. The summed E-state index contributed by atoms with van der Waals surface area (Å²) in [5.74, 6) is -1.00. The summed E-state index contributed by atoms with van der Waals surface area (Å²) in [7, 11) is 1.61. The molecule has 0 aromatic heterocycles. The zero-order valence-corrected chi connectivity index (χ0v) is 19.7. The van der Waals surface area contributed by atoms with Crippen LogP contribution < -0.4 is 10.1 Å². The SMILES string of the molecule is CCC(C)NC(=O)CN1CC(c2ccc3c(c2)CCC3)C(C(=O)O)C1c1ccc(OC)cc1. The number of rotatable bonds is 8. The number of carboxylic acids is 1. The minimum atomic E-state index is -0.828. The summed E-state index contributed by atoms with van der Waals surface area (Å²) >= 11 is 0. The van der Waals surface area contributed by atoms with Gasteiger partial charge in [-0.05, 0) is 67.0 Å². The average molecular weight is 451 g/mol. The lowest BCUT2D eigenvalue weighted by Crippen LogP contribution is -2.41. The lowest BCUT2D eigenvalue weighted by atomic mass is 9.82. The van der Waals surface area contributed by atoms with Gasteiger partial charge in [-0.3, -0.25) is 14.5 Å². The molecular weight excluding hydrogens is 416 g/mol. The van der Waals surface area contributed by atoms with Crippen LogP contribution in [0.15, 0.2) is 42.5 Å². The molecule has 2 N–H and O–H groups in total. The van der Waals surface area contributed by atoms with E-state index in [0.717, 1.165) is 42.6 Å². The van der Waals surface area contributed by atoms with Crippen molar-refractivity contribution in [3.63, 3.8) is 0 Å². The van der Waals surface area contributed by atoms with Gasteiger partial charge in [0.15, 0.2) is 0 Å². The van der Waals surface area contributed by atoms with Gasteiger partial charge in [-0.15, -0.1) is 0 Å². The van der Waals surface area contributed by atoms with E-state index in [4.69, 9.17) is 4.74 Å². The molecule has 2 aromatic rings. The third-order valence-corrected chi connectivity index (χ3v) is 7.26. The number of aliphatic carboxylic acids is 1. The fraction of sp³-hybridized carbons (Fsp3) is 0.481. The number of hydrogen-bond donors (Lipinski definition) is 2. The van der Waals surface area contributed by atoms with E-state index >= 15 is 0 Å². The van der Waals surface area contributed by atoms with E-state index in [1.165, 1.54) is 11.1 Å². The van der Waals surface area contributed by atoms with Crippen LogP contribution in [0.2, 0.25) is 0 Å². The average Bonchev–Trinajstić information content (AvgIpc) is 3.43. The van der Waals surface area contributed by atoms with Gasteiger partial charge in [0.05, 0.1) is 19.6 Å². The Morgan fingerprint density at radius 3 is 2.48 bits per heavy atom. The number of ether oxygens (including phenoxy) is 1. The molecule has 2 aliphatic rings. The summed E-state index contributed by atoms with van der Waals surface area (Å²) in [5, 5.41) is 13.4. The van der Waals surface area contributed by atoms with Gasteiger partial charge in [-0.2, -0.15) is 0 Å². The second kappa shape index (κ2) is 9.96. The number of benzene rings is 2. The Kier molecular flexibility index (Phi) is 7.03. The Labute approximate surface area is 195 Å². The molecule has 0 bridgehead atoms. The molecule has 1 heterocycles. The van der Waals surface area contributed by atoms with Crippen LogP contribution in [0.25, 0.3) is 0 Å². The summed E-state index contributed by atoms with van der Waals surface area (Å²) in [5.41, 5.74) is 4.67. The van der Waals surface area contributed by atoms with Crippen molar-refractivity contribution < 1.29 is 19.4 Å². The standard InChI is InChI=1S/C27H34N2O4/c1-4-17(2)28-24(30)16-29-15-23(21-9-8-18-6-5-7-20(18)14-21)25(27(31)32)26(29)19-10-12-22(33-3)13-11-19/h8-14,17,23,25-26H,4-7,15-16H2,1-3H3,(H,28,30)(H,31,32). The molecule has 176 valence electrons. The largest absolute Gasteiger partial charge is 0.497 e. The summed E-state index contributed by atoms with van der Waals surface area (Å²) in [6, 6.07) is 13.7. The van der Waals surface area contributed by atoms with Gasteiger partial charge in [-0.1, -0.05) is 37.3 Å². The Morgan fingerprint density at radius 1 is 1.12 bits per heavy atom. The third-order valence-electron chi connectivity index (χ3n) is 7.26. The summed E-state index contributed by atoms with van der Waals surface area (Å²) < 4.78 is 5.29. The molecule has 1 aliphatic carbocycles. The van der Waals surface area contributed by atoms with Crippen molar-refractivity contribution >= 4 is 11.9 Å². The number of carbonyl (C=O) groups excluding carboxylic acids is 1. The fourth-order valence-corrected chi connectivity index (χ4v) is 5.36. The predicted molar refractivity (Wildman–Crippen MR) is 128 cm³/mol. The zero-order chi connectivity index (χ0) is 23.5. The quantitative estimate of drug-likeness (QED) is 0.637. The predicted octanol–water partition coefficient (Wildman–Crippen LogP) is 3.94. The van der Waals surface area contributed by atoms with Crippen LogP contribution in [0.5, 0.6) is 5.75 Å². The second-order valence-electron chi connectivity index (χ2n) is 9.38. The molecule has 33 heavy (non-hydrogen) atoms. The molecule has 1 fully saturated rings. The lowest BCUT2D eigenvalue weighted by molar-refractivity contribution is -0.143. The van der Waals surface area contributed by atoms with Crippen molar-refractivity contribution in [1.82, 2.24) is 10.2 Å². The van der Waals surface area contributed by atoms with Gasteiger partial charge in [0.25, 0.3) is 0 Å². The van der Waals surface area contributed by atoms with Gasteiger partial charge >= 0.3 is 5.97 Å². The van der Waals surface area contributed by atoms with Crippen LogP contribution >= 0.6 is 0 Å². The highest BCUT2D eigenvalue weighted by Crippen LogP contribution is 2.46. The number of aryl methyl sites for hydroxylation is 2. The van der Waals surface area contributed by atoms with Crippen molar-refractivity contribution in [2.75, 3.05) is 20.2 Å². The highest BCUT2D eigenvalue weighted by molar-refractivity contribution is 5.79. The topological polar surface area (TPSA) is 78.9 Å². The molecule has 0 spiro atoms. The molecule has 4 rings (SSSR count). The first-order chi connectivity index (χ1) is 15.9. The fourth-order valence-electron chi connectivity index (χ4n) is 5.36. The van der Waals surface area contributed by atoms with Crippen molar-refractivity contribution in [2.45, 2.75) is 57.5 Å². The number of nitrogens with one attached hydrogen (secondary N) is 1. The van der Waals surface area contributed by atoms with Crippen LogP contribution in [0, 0.1) is 5.92 Å². The monoisotopic (exact) mass is 450 g/mol. The van der Waals surface area contributed by atoms with E-state index in [0.29, 0.717) is 6.54 Å².